The van der Waals surface area contributed by atoms with Gasteiger partial charge in [-0.3, -0.25) is 5.32 Å². The van der Waals surface area contributed by atoms with Gasteiger partial charge in [-0.2, -0.15) is 5.26 Å². The van der Waals surface area contributed by atoms with Gasteiger partial charge in [-0.05, 0) is 75.7 Å². The van der Waals surface area contributed by atoms with Gasteiger partial charge < -0.3 is 5.32 Å². The third-order valence-electron chi connectivity index (χ3n) is 9.79. The van der Waals surface area contributed by atoms with E-state index in [4.69, 9.17) is 4.99 Å². The van der Waals surface area contributed by atoms with Crippen molar-refractivity contribution < 1.29 is 0 Å². The van der Waals surface area contributed by atoms with Crippen molar-refractivity contribution in [2.24, 2.45) is 10.9 Å². The molecular formula is C41H30N4S. The number of amidine groups is 1. The smallest absolute Gasteiger partial charge is 0.131 e. The quantitative estimate of drug-likeness (QED) is 0.211. The number of fused-ring (bicyclic) bond motifs is 9. The van der Waals surface area contributed by atoms with Crippen LogP contribution in [0.3, 0.4) is 0 Å². The summed E-state index contributed by atoms with van der Waals surface area (Å²) in [7, 11) is 0. The first-order valence-electron chi connectivity index (χ1n) is 15.8. The van der Waals surface area contributed by atoms with Crippen LogP contribution >= 0.6 is 11.8 Å². The predicted molar refractivity (Wildman–Crippen MR) is 185 cm³/mol. The molecule has 5 aromatic carbocycles. The Kier molecular flexibility index (Phi) is 6.34. The Morgan fingerprint density at radius 3 is 2.24 bits per heavy atom. The highest BCUT2D eigenvalue weighted by atomic mass is 32.2. The number of rotatable bonds is 3. The molecule has 4 nitrogen and oxygen atoms in total. The summed E-state index contributed by atoms with van der Waals surface area (Å²) < 4.78 is 0. The molecule has 3 atom stereocenters. The molecule has 0 radical (unpaired) electrons. The third-order valence-corrected chi connectivity index (χ3v) is 10.9. The highest BCUT2D eigenvalue weighted by molar-refractivity contribution is 7.99. The molecule has 5 aromatic rings. The Hall–Kier alpha value is -5.15. The molecule has 0 fully saturated rings. The number of allylic oxidation sites excluding steroid dienone is 3. The molecular weight excluding hydrogens is 581 g/mol. The maximum Gasteiger partial charge on any atom is 0.131 e. The molecule has 9 rings (SSSR count). The van der Waals surface area contributed by atoms with Gasteiger partial charge >= 0.3 is 0 Å². The average Bonchev–Trinajstić information content (AvgIpc) is 3.41. The Morgan fingerprint density at radius 2 is 1.50 bits per heavy atom. The first kappa shape index (κ1) is 27.2. The van der Waals surface area contributed by atoms with Gasteiger partial charge in [0.15, 0.2) is 0 Å². The average molecular weight is 611 g/mol. The summed E-state index contributed by atoms with van der Waals surface area (Å²) in [5, 5.41) is 17.6. The standard InChI is InChI=1S/C41H30N4S/c42-25-26-19-21-30-31-24-29(40-44-38(27-11-3-1-4-12-27)43-39(45-40)28-13-5-2-6-14-28)20-22-32(31)41(35(30)23-26)33-15-7-9-17-36(33)46-37-18-10-8-16-34(37)41/h1-13,15-24,28,39-40,45H,14H2,(H,43,44). The highest BCUT2D eigenvalue weighted by Crippen LogP contribution is 2.62. The van der Waals surface area contributed by atoms with Crippen molar-refractivity contribution in [1.82, 2.24) is 10.6 Å². The molecule has 3 unspecified atom stereocenters. The van der Waals surface area contributed by atoms with Crippen LogP contribution in [0.4, 0.5) is 0 Å². The zero-order chi connectivity index (χ0) is 30.7. The van der Waals surface area contributed by atoms with Gasteiger partial charge in [0.1, 0.15) is 12.0 Å². The van der Waals surface area contributed by atoms with E-state index in [0.717, 1.165) is 23.4 Å². The second-order valence-corrected chi connectivity index (χ2v) is 13.4. The van der Waals surface area contributed by atoms with Crippen LogP contribution < -0.4 is 10.6 Å². The molecule has 2 aliphatic carbocycles. The maximum absolute atomic E-state index is 10.0. The van der Waals surface area contributed by atoms with E-state index in [9.17, 15) is 5.26 Å². The number of nitriles is 1. The van der Waals surface area contributed by atoms with E-state index in [0.29, 0.717) is 11.5 Å². The molecule has 0 bridgehead atoms. The van der Waals surface area contributed by atoms with Crippen LogP contribution in [0.15, 0.2) is 154 Å². The van der Waals surface area contributed by atoms with Crippen LogP contribution in [0.25, 0.3) is 11.1 Å². The second kappa shape index (κ2) is 10.7. The Labute approximate surface area is 273 Å². The Morgan fingerprint density at radius 1 is 0.739 bits per heavy atom. The predicted octanol–water partition coefficient (Wildman–Crippen LogP) is 8.48. The van der Waals surface area contributed by atoms with Crippen molar-refractivity contribution in [3.05, 3.63) is 179 Å². The van der Waals surface area contributed by atoms with Crippen molar-refractivity contribution >= 4 is 17.6 Å². The van der Waals surface area contributed by atoms with Crippen molar-refractivity contribution in [1.29, 1.82) is 5.26 Å². The van der Waals surface area contributed by atoms with E-state index >= 15 is 0 Å². The molecule has 2 heterocycles. The van der Waals surface area contributed by atoms with E-state index < -0.39 is 5.41 Å². The molecule has 0 saturated heterocycles. The molecule has 5 heteroatoms. The fraction of sp³-hybridized carbons (Fsp3) is 0.122. The number of hydrogen-bond donors (Lipinski definition) is 2. The number of aliphatic imine (C=N–C) groups is 1. The fourth-order valence-electron chi connectivity index (χ4n) is 7.73. The van der Waals surface area contributed by atoms with Gasteiger partial charge in [-0.1, -0.05) is 121 Å². The molecule has 0 amide bonds. The van der Waals surface area contributed by atoms with Gasteiger partial charge in [0, 0.05) is 21.3 Å². The van der Waals surface area contributed by atoms with E-state index in [2.05, 4.69) is 144 Å². The summed E-state index contributed by atoms with van der Waals surface area (Å²) in [4.78, 5) is 7.76. The normalized spacial score (nSPS) is 21.3. The van der Waals surface area contributed by atoms with E-state index in [-0.39, 0.29) is 12.3 Å². The summed E-state index contributed by atoms with van der Waals surface area (Å²) in [5.41, 5.74) is 9.68. The molecule has 2 aliphatic heterocycles. The fourth-order valence-corrected chi connectivity index (χ4v) is 8.92. The van der Waals surface area contributed by atoms with E-state index in [1.165, 1.54) is 43.2 Å². The third kappa shape index (κ3) is 4.08. The van der Waals surface area contributed by atoms with Gasteiger partial charge in [0.25, 0.3) is 0 Å². The lowest BCUT2D eigenvalue weighted by Gasteiger charge is -2.39. The number of nitrogens with zero attached hydrogens (tertiary/aromatic N) is 2. The van der Waals surface area contributed by atoms with Gasteiger partial charge in [-0.25, -0.2) is 4.99 Å². The molecule has 220 valence electrons. The molecule has 4 aliphatic rings. The molecule has 0 aromatic heterocycles. The van der Waals surface area contributed by atoms with Crippen LogP contribution in [-0.4, -0.2) is 12.0 Å². The Balaban J connectivity index is 1.25. The molecule has 1 spiro atoms. The first-order chi connectivity index (χ1) is 22.7. The van der Waals surface area contributed by atoms with Crippen LogP contribution in [0.5, 0.6) is 0 Å². The summed E-state index contributed by atoms with van der Waals surface area (Å²) in [6, 6.07) is 43.5. The monoisotopic (exact) mass is 610 g/mol. The minimum absolute atomic E-state index is 0.0260. The summed E-state index contributed by atoms with van der Waals surface area (Å²) in [6.45, 7) is 0. The van der Waals surface area contributed by atoms with Crippen LogP contribution in [0.1, 0.15) is 51.5 Å². The van der Waals surface area contributed by atoms with Gasteiger partial charge in [0.05, 0.1) is 23.2 Å². The summed E-state index contributed by atoms with van der Waals surface area (Å²) >= 11 is 1.83. The van der Waals surface area contributed by atoms with Crippen LogP contribution in [0, 0.1) is 17.2 Å². The summed E-state index contributed by atoms with van der Waals surface area (Å²) in [5.74, 6) is 1.21. The highest BCUT2D eigenvalue weighted by Gasteiger charge is 2.50. The second-order valence-electron chi connectivity index (χ2n) is 12.3. The topological polar surface area (TPSA) is 60.2 Å². The molecule has 0 saturated carbocycles. The van der Waals surface area contributed by atoms with Gasteiger partial charge in [-0.15, -0.1) is 0 Å². The minimum Gasteiger partial charge on any atom is -0.354 e. The zero-order valence-corrected chi connectivity index (χ0v) is 25.8. The maximum atomic E-state index is 10.0. The van der Waals surface area contributed by atoms with E-state index in [1.807, 2.05) is 23.9 Å². The first-order valence-corrected chi connectivity index (χ1v) is 16.6. The Bertz CT molecular complexity index is 2110. The van der Waals surface area contributed by atoms with Gasteiger partial charge in [0.2, 0.25) is 0 Å². The summed E-state index contributed by atoms with van der Waals surface area (Å²) in [6.07, 6.45) is 9.53. The molecule has 2 N–H and O–H groups in total. The lowest BCUT2D eigenvalue weighted by molar-refractivity contribution is 0.328. The lowest BCUT2D eigenvalue weighted by Crippen LogP contribution is -2.54. The SMILES string of the molecule is N#Cc1ccc2c(c1)C1(c3ccccc3Sc3ccccc31)c1ccc(C3N=C(c4ccccc4)NC(C4C=CC=CC4)N3)cc1-2. The molecule has 46 heavy (non-hydrogen) atoms. The lowest BCUT2D eigenvalue weighted by atomic mass is 9.67. The van der Waals surface area contributed by atoms with Crippen molar-refractivity contribution in [3.8, 4) is 17.2 Å². The van der Waals surface area contributed by atoms with Crippen molar-refractivity contribution in [3.63, 3.8) is 0 Å². The number of hydrogen-bond acceptors (Lipinski definition) is 5. The number of benzene rings is 5. The minimum atomic E-state index is -0.518. The van der Waals surface area contributed by atoms with E-state index in [1.54, 1.807) is 0 Å². The van der Waals surface area contributed by atoms with Crippen molar-refractivity contribution in [2.75, 3.05) is 0 Å². The zero-order valence-electron chi connectivity index (χ0n) is 25.0. The number of nitrogens with one attached hydrogen (secondary N) is 2. The largest absolute Gasteiger partial charge is 0.354 e. The van der Waals surface area contributed by atoms with Crippen LogP contribution in [-0.2, 0) is 5.41 Å². The van der Waals surface area contributed by atoms with Crippen molar-refractivity contribution in [2.45, 2.75) is 34.0 Å². The van der Waals surface area contributed by atoms with Crippen LogP contribution in [0.2, 0.25) is 0 Å².